The fourth-order valence-corrected chi connectivity index (χ4v) is 3.95. The number of alkyl halides is 2. The van der Waals surface area contributed by atoms with Crippen LogP contribution in [0.25, 0.3) is 0 Å². The van der Waals surface area contributed by atoms with Gasteiger partial charge in [0.2, 0.25) is 5.92 Å². The van der Waals surface area contributed by atoms with Gasteiger partial charge in [-0.3, -0.25) is 0 Å². The van der Waals surface area contributed by atoms with Crippen molar-refractivity contribution in [3.8, 4) is 0 Å². The molecule has 1 fully saturated rings. The van der Waals surface area contributed by atoms with Gasteiger partial charge in [-0.2, -0.15) is 0 Å². The molecule has 2 unspecified atom stereocenters. The Morgan fingerprint density at radius 1 is 1.09 bits per heavy atom. The van der Waals surface area contributed by atoms with Crippen LogP contribution in [0.4, 0.5) is 20.3 Å². The van der Waals surface area contributed by atoms with Crippen molar-refractivity contribution in [3.05, 3.63) is 17.8 Å². The summed E-state index contributed by atoms with van der Waals surface area (Å²) in [5.74, 6) is -1.94. The summed E-state index contributed by atoms with van der Waals surface area (Å²) >= 11 is 0. The van der Waals surface area contributed by atoms with Gasteiger partial charge in [-0.15, -0.1) is 0 Å². The zero-order valence-electron chi connectivity index (χ0n) is 14.4. The molecular weight excluding hydrogens is 296 g/mol. The standard InChI is InChI=1S/C18H27F2N3/c1-18(19,20)14-7-4-6-13(12-14)15-8-9-16-17(21-15)23(3)11-5-10-22(16)2/h8-9,13-14H,4-7,10-12H2,1-3H3. The van der Waals surface area contributed by atoms with E-state index in [1.54, 1.807) is 0 Å². The van der Waals surface area contributed by atoms with Crippen LogP contribution in [0.3, 0.4) is 0 Å². The molecule has 0 N–H and O–H groups in total. The topological polar surface area (TPSA) is 19.4 Å². The molecule has 1 aliphatic carbocycles. The van der Waals surface area contributed by atoms with E-state index in [0.717, 1.165) is 56.5 Å². The Hall–Kier alpha value is -1.39. The first-order valence-corrected chi connectivity index (χ1v) is 8.67. The van der Waals surface area contributed by atoms with Crippen LogP contribution in [-0.4, -0.2) is 38.1 Å². The molecule has 0 aromatic carbocycles. The molecule has 1 aromatic rings. The van der Waals surface area contributed by atoms with Crippen LogP contribution in [0, 0.1) is 5.92 Å². The van der Waals surface area contributed by atoms with Crippen molar-refractivity contribution < 1.29 is 8.78 Å². The molecule has 2 atom stereocenters. The van der Waals surface area contributed by atoms with Crippen molar-refractivity contribution in [2.75, 3.05) is 37.0 Å². The predicted molar refractivity (Wildman–Crippen MR) is 90.7 cm³/mol. The third-order valence-electron chi connectivity index (χ3n) is 5.45. The number of hydrogen-bond donors (Lipinski definition) is 0. The lowest BCUT2D eigenvalue weighted by Gasteiger charge is -2.33. The SMILES string of the molecule is CN1CCCN(C)c2nc(C3CCCC(C(C)(F)F)C3)ccc21. The lowest BCUT2D eigenvalue weighted by molar-refractivity contribution is -0.0560. The van der Waals surface area contributed by atoms with Gasteiger partial charge >= 0.3 is 0 Å². The third kappa shape index (κ3) is 3.43. The van der Waals surface area contributed by atoms with Crippen LogP contribution in [0.15, 0.2) is 12.1 Å². The normalized spacial score (nSPS) is 26.0. The van der Waals surface area contributed by atoms with Crippen LogP contribution in [0.5, 0.6) is 0 Å². The van der Waals surface area contributed by atoms with Crippen molar-refractivity contribution in [1.82, 2.24) is 4.98 Å². The third-order valence-corrected chi connectivity index (χ3v) is 5.45. The summed E-state index contributed by atoms with van der Waals surface area (Å²) in [6.07, 6.45) is 4.12. The highest BCUT2D eigenvalue weighted by molar-refractivity contribution is 5.67. The quantitative estimate of drug-likeness (QED) is 0.809. The Bertz CT molecular complexity index is 556. The van der Waals surface area contributed by atoms with Gasteiger partial charge in [0.15, 0.2) is 5.82 Å². The molecule has 3 nitrogen and oxygen atoms in total. The van der Waals surface area contributed by atoms with Gasteiger partial charge in [-0.05, 0) is 44.7 Å². The van der Waals surface area contributed by atoms with E-state index in [0.29, 0.717) is 12.8 Å². The molecule has 2 aliphatic rings. The molecule has 5 heteroatoms. The molecule has 0 bridgehead atoms. The number of hydrogen-bond acceptors (Lipinski definition) is 3. The smallest absolute Gasteiger partial charge is 0.248 e. The van der Waals surface area contributed by atoms with Crippen LogP contribution >= 0.6 is 0 Å². The van der Waals surface area contributed by atoms with Gasteiger partial charge in [-0.1, -0.05) is 6.42 Å². The lowest BCUT2D eigenvalue weighted by atomic mass is 9.77. The highest BCUT2D eigenvalue weighted by Gasteiger charge is 2.38. The summed E-state index contributed by atoms with van der Waals surface area (Å²) in [5, 5.41) is 0. The van der Waals surface area contributed by atoms with Crippen LogP contribution in [0.1, 0.15) is 50.6 Å². The van der Waals surface area contributed by atoms with E-state index in [2.05, 4.69) is 36.0 Å². The number of fused-ring (bicyclic) bond motifs is 1. The van der Waals surface area contributed by atoms with E-state index in [4.69, 9.17) is 4.98 Å². The number of halogens is 2. The summed E-state index contributed by atoms with van der Waals surface area (Å²) < 4.78 is 27.4. The molecule has 2 heterocycles. The molecule has 23 heavy (non-hydrogen) atoms. The molecule has 0 saturated heterocycles. The molecule has 0 spiro atoms. The van der Waals surface area contributed by atoms with E-state index in [1.807, 2.05) is 0 Å². The molecule has 0 radical (unpaired) electrons. The molecule has 0 amide bonds. The number of aromatic nitrogens is 1. The van der Waals surface area contributed by atoms with Crippen LogP contribution in [0.2, 0.25) is 0 Å². The average Bonchev–Trinajstić information content (AvgIpc) is 2.66. The first-order valence-electron chi connectivity index (χ1n) is 8.67. The maximum Gasteiger partial charge on any atom is 0.248 e. The second kappa shape index (κ2) is 6.25. The van der Waals surface area contributed by atoms with Gasteiger partial charge in [0, 0.05) is 44.7 Å². The first kappa shape index (κ1) is 16.5. The monoisotopic (exact) mass is 323 g/mol. The maximum atomic E-state index is 13.7. The first-order chi connectivity index (χ1) is 10.9. The Balaban J connectivity index is 1.86. The van der Waals surface area contributed by atoms with Crippen molar-refractivity contribution in [2.45, 2.75) is 50.9 Å². The zero-order chi connectivity index (χ0) is 16.6. The minimum atomic E-state index is -2.58. The predicted octanol–water partition coefficient (Wildman–Crippen LogP) is 4.29. The number of anilines is 2. The summed E-state index contributed by atoms with van der Waals surface area (Å²) in [5.41, 5.74) is 2.13. The van der Waals surface area contributed by atoms with E-state index in [-0.39, 0.29) is 5.92 Å². The van der Waals surface area contributed by atoms with Crippen LogP contribution in [-0.2, 0) is 0 Å². The number of pyridine rings is 1. The second-order valence-electron chi connectivity index (χ2n) is 7.29. The van der Waals surface area contributed by atoms with E-state index in [1.165, 1.54) is 0 Å². The van der Waals surface area contributed by atoms with Crippen molar-refractivity contribution >= 4 is 11.5 Å². The second-order valence-corrected chi connectivity index (χ2v) is 7.29. The summed E-state index contributed by atoms with van der Waals surface area (Å²) in [6, 6.07) is 4.17. The van der Waals surface area contributed by atoms with Gasteiger partial charge in [0.25, 0.3) is 0 Å². The van der Waals surface area contributed by atoms with Crippen molar-refractivity contribution in [2.24, 2.45) is 5.92 Å². The Labute approximate surface area is 137 Å². The fourth-order valence-electron chi connectivity index (χ4n) is 3.95. The highest BCUT2D eigenvalue weighted by Crippen LogP contribution is 2.43. The summed E-state index contributed by atoms with van der Waals surface area (Å²) in [6.45, 7) is 3.06. The highest BCUT2D eigenvalue weighted by atomic mass is 19.3. The van der Waals surface area contributed by atoms with Crippen molar-refractivity contribution in [1.29, 1.82) is 0 Å². The molecule has 1 aliphatic heterocycles. The number of rotatable bonds is 2. The molecule has 1 saturated carbocycles. The van der Waals surface area contributed by atoms with Gasteiger partial charge in [0.05, 0.1) is 5.69 Å². The summed E-state index contributed by atoms with van der Waals surface area (Å²) in [7, 11) is 4.16. The van der Waals surface area contributed by atoms with Crippen molar-refractivity contribution in [3.63, 3.8) is 0 Å². The maximum absolute atomic E-state index is 13.7. The Morgan fingerprint density at radius 3 is 2.57 bits per heavy atom. The minimum Gasteiger partial charge on any atom is -0.372 e. The van der Waals surface area contributed by atoms with E-state index >= 15 is 0 Å². The Morgan fingerprint density at radius 2 is 1.83 bits per heavy atom. The molecule has 3 rings (SSSR count). The zero-order valence-corrected chi connectivity index (χ0v) is 14.4. The fraction of sp³-hybridized carbons (Fsp3) is 0.722. The van der Waals surface area contributed by atoms with Gasteiger partial charge in [-0.25, -0.2) is 13.8 Å². The largest absolute Gasteiger partial charge is 0.372 e. The van der Waals surface area contributed by atoms with Crippen LogP contribution < -0.4 is 9.80 Å². The number of nitrogens with zero attached hydrogens (tertiary/aromatic N) is 3. The van der Waals surface area contributed by atoms with Gasteiger partial charge in [0.1, 0.15) is 0 Å². The lowest BCUT2D eigenvalue weighted by Crippen LogP contribution is -2.29. The molecular formula is C18H27F2N3. The molecule has 1 aromatic heterocycles. The minimum absolute atomic E-state index is 0.159. The molecule has 128 valence electrons. The average molecular weight is 323 g/mol. The van der Waals surface area contributed by atoms with E-state index in [9.17, 15) is 8.78 Å². The summed E-state index contributed by atoms with van der Waals surface area (Å²) in [4.78, 5) is 9.31. The van der Waals surface area contributed by atoms with Gasteiger partial charge < -0.3 is 9.80 Å². The van der Waals surface area contributed by atoms with E-state index < -0.39 is 11.8 Å². The Kier molecular flexibility index (Phi) is 4.47.